The van der Waals surface area contributed by atoms with Gasteiger partial charge in [-0.15, -0.1) is 0 Å². The van der Waals surface area contributed by atoms with E-state index in [0.29, 0.717) is 17.3 Å². The molecule has 36 heavy (non-hydrogen) atoms. The van der Waals surface area contributed by atoms with Crippen LogP contribution in [0.1, 0.15) is 37.5 Å². The van der Waals surface area contributed by atoms with Crippen molar-refractivity contribution in [3.05, 3.63) is 89.5 Å². The van der Waals surface area contributed by atoms with E-state index in [-0.39, 0.29) is 24.4 Å². The zero-order valence-corrected chi connectivity index (χ0v) is 20.9. The topological polar surface area (TPSA) is 75.7 Å². The van der Waals surface area contributed by atoms with Crippen molar-refractivity contribution < 1.29 is 30.6 Å². The Balaban J connectivity index is 1.76. The molecule has 0 aliphatic rings. The Hall–Kier alpha value is -3.53. The maximum absolute atomic E-state index is 13.0. The summed E-state index contributed by atoms with van der Waals surface area (Å²) in [5, 5.41) is 2.85. The summed E-state index contributed by atoms with van der Waals surface area (Å²) in [7, 11) is -4.51. The van der Waals surface area contributed by atoms with Crippen molar-refractivity contribution in [3.63, 3.8) is 0 Å². The van der Waals surface area contributed by atoms with Crippen molar-refractivity contribution in [1.29, 1.82) is 0 Å². The Morgan fingerprint density at radius 1 is 0.972 bits per heavy atom. The van der Waals surface area contributed by atoms with E-state index in [0.717, 1.165) is 30.2 Å². The van der Waals surface area contributed by atoms with E-state index >= 15 is 0 Å². The lowest BCUT2D eigenvalue weighted by Gasteiger charge is -2.27. The molecule has 0 unspecified atom stereocenters. The van der Waals surface area contributed by atoms with Crippen LogP contribution in [0.25, 0.3) is 0 Å². The van der Waals surface area contributed by atoms with Crippen molar-refractivity contribution in [3.8, 4) is 5.75 Å². The number of alkyl halides is 3. The zero-order chi connectivity index (χ0) is 26.5. The van der Waals surface area contributed by atoms with Crippen LogP contribution in [-0.2, 0) is 29.3 Å². The van der Waals surface area contributed by atoms with Crippen LogP contribution in [-0.4, -0.2) is 25.4 Å². The predicted molar refractivity (Wildman–Crippen MR) is 131 cm³/mol. The van der Waals surface area contributed by atoms with Gasteiger partial charge < -0.3 is 14.4 Å². The first-order valence-electron chi connectivity index (χ1n) is 11.3. The third-order valence-electron chi connectivity index (χ3n) is 5.40. The highest BCUT2D eigenvalue weighted by atomic mass is 32.2. The van der Waals surface area contributed by atoms with E-state index in [1.165, 1.54) is 12.1 Å². The van der Waals surface area contributed by atoms with E-state index in [4.69, 9.17) is 4.18 Å². The quantitative estimate of drug-likeness (QED) is 0.345. The number of carbonyl (C=O) groups excluding carboxylic acids is 1. The van der Waals surface area contributed by atoms with Gasteiger partial charge >= 0.3 is 22.3 Å². The highest BCUT2D eigenvalue weighted by Gasteiger charge is 2.32. The Morgan fingerprint density at radius 3 is 2.25 bits per heavy atom. The fourth-order valence-electron chi connectivity index (χ4n) is 3.40. The average Bonchev–Trinajstić information content (AvgIpc) is 2.82. The number of hydrogen-bond acceptors (Lipinski definition) is 4. The normalized spacial score (nSPS) is 11.9. The van der Waals surface area contributed by atoms with Gasteiger partial charge in [0.15, 0.2) is 0 Å². The molecule has 0 radical (unpaired) electrons. The first-order chi connectivity index (χ1) is 16.9. The number of nitrogens with zero attached hydrogens (tertiary/aromatic N) is 1. The van der Waals surface area contributed by atoms with Crippen molar-refractivity contribution in [2.75, 3.05) is 5.32 Å². The first kappa shape index (κ1) is 27.1. The highest BCUT2D eigenvalue weighted by molar-refractivity contribution is 7.87. The van der Waals surface area contributed by atoms with E-state index in [1.54, 1.807) is 17.0 Å². The molecule has 1 N–H and O–H groups in total. The maximum Gasteiger partial charge on any atom is 0.416 e. The second kappa shape index (κ2) is 11.0. The number of urea groups is 1. The summed E-state index contributed by atoms with van der Waals surface area (Å²) in [5.41, 5.74) is 1.28. The van der Waals surface area contributed by atoms with Gasteiger partial charge in [0, 0.05) is 18.3 Å². The number of hydrogen-bond donors (Lipinski definition) is 1. The molecule has 0 aliphatic heterocycles. The van der Waals surface area contributed by atoms with Gasteiger partial charge in [-0.2, -0.15) is 21.6 Å². The summed E-state index contributed by atoms with van der Waals surface area (Å²) >= 11 is 0. The van der Waals surface area contributed by atoms with Gasteiger partial charge in [-0.05, 0) is 73.9 Å². The molecule has 6 nitrogen and oxygen atoms in total. The fourth-order valence-corrected chi connectivity index (χ4v) is 4.37. The molecule has 0 aliphatic carbocycles. The number of amides is 2. The third-order valence-corrected chi connectivity index (χ3v) is 6.65. The molecule has 0 saturated carbocycles. The summed E-state index contributed by atoms with van der Waals surface area (Å²) in [6.07, 6.45) is -3.81. The molecule has 0 heterocycles. The van der Waals surface area contributed by atoms with Crippen LogP contribution in [0.2, 0.25) is 0 Å². The van der Waals surface area contributed by atoms with E-state index in [9.17, 15) is 26.4 Å². The standard InChI is InChI=1S/C26H27F3N2O4S/c1-4-19-11-13-22(14-12-19)30-25(32)31(18(2)3)17-20-7-5-9-23(15-20)35-36(33,34)24-10-6-8-21(16-24)26(27,28)29/h5-16,18H,4,17H2,1-3H3,(H,30,32). The minimum absolute atomic E-state index is 0.0795. The summed E-state index contributed by atoms with van der Waals surface area (Å²) < 4.78 is 69.3. The molecular weight excluding hydrogens is 493 g/mol. The van der Waals surface area contributed by atoms with Crippen molar-refractivity contribution in [2.24, 2.45) is 0 Å². The molecule has 3 aromatic rings. The molecule has 0 atom stereocenters. The van der Waals surface area contributed by atoms with Gasteiger partial charge in [-0.3, -0.25) is 0 Å². The summed E-state index contributed by atoms with van der Waals surface area (Å²) in [6.45, 7) is 5.88. The van der Waals surface area contributed by atoms with Crippen LogP contribution in [0.15, 0.2) is 77.7 Å². The molecule has 0 fully saturated rings. The van der Waals surface area contributed by atoms with Crippen molar-refractivity contribution >= 4 is 21.8 Å². The molecule has 10 heteroatoms. The third kappa shape index (κ3) is 7.00. The minimum Gasteiger partial charge on any atom is -0.379 e. The molecule has 0 spiro atoms. The van der Waals surface area contributed by atoms with Gasteiger partial charge in [0.25, 0.3) is 0 Å². The SMILES string of the molecule is CCc1ccc(NC(=O)N(Cc2cccc(OS(=O)(=O)c3cccc(C(F)(F)F)c3)c2)C(C)C)cc1. The molecular formula is C26H27F3N2O4S. The molecule has 3 aromatic carbocycles. The maximum atomic E-state index is 13.0. The van der Waals surface area contributed by atoms with Gasteiger partial charge in [0.05, 0.1) is 5.56 Å². The summed E-state index contributed by atoms with van der Waals surface area (Å²) in [5.74, 6) is -0.0795. The van der Waals surface area contributed by atoms with Crippen LogP contribution in [0, 0.1) is 0 Å². The van der Waals surface area contributed by atoms with Gasteiger partial charge in [0.2, 0.25) is 0 Å². The Kier molecular flexibility index (Phi) is 8.29. The van der Waals surface area contributed by atoms with Crippen LogP contribution < -0.4 is 9.50 Å². The van der Waals surface area contributed by atoms with Crippen LogP contribution in [0.5, 0.6) is 5.75 Å². The predicted octanol–water partition coefficient (Wildman–Crippen LogP) is 6.48. The van der Waals surface area contributed by atoms with Gasteiger partial charge in [0.1, 0.15) is 10.6 Å². The number of rotatable bonds is 8. The number of nitrogens with one attached hydrogen (secondary N) is 1. The lowest BCUT2D eigenvalue weighted by molar-refractivity contribution is -0.137. The Morgan fingerprint density at radius 2 is 1.64 bits per heavy atom. The Labute approximate surface area is 208 Å². The molecule has 2 amide bonds. The molecule has 0 bridgehead atoms. The van der Waals surface area contributed by atoms with E-state index in [1.807, 2.05) is 45.0 Å². The molecule has 3 rings (SSSR count). The minimum atomic E-state index is -4.69. The molecule has 0 saturated heterocycles. The largest absolute Gasteiger partial charge is 0.416 e. The lowest BCUT2D eigenvalue weighted by atomic mass is 10.1. The molecule has 192 valence electrons. The van der Waals surface area contributed by atoms with Gasteiger partial charge in [-0.1, -0.05) is 37.3 Å². The second-order valence-electron chi connectivity index (χ2n) is 8.41. The lowest BCUT2D eigenvalue weighted by Crippen LogP contribution is -2.39. The monoisotopic (exact) mass is 520 g/mol. The number of aryl methyl sites for hydroxylation is 1. The summed E-state index contributed by atoms with van der Waals surface area (Å²) in [4.78, 5) is 13.9. The average molecular weight is 521 g/mol. The van der Waals surface area contributed by atoms with E-state index < -0.39 is 26.8 Å². The van der Waals surface area contributed by atoms with Crippen LogP contribution >= 0.6 is 0 Å². The second-order valence-corrected chi connectivity index (χ2v) is 9.96. The smallest absolute Gasteiger partial charge is 0.379 e. The Bertz CT molecular complexity index is 1310. The number of halogens is 3. The van der Waals surface area contributed by atoms with Crippen LogP contribution in [0.3, 0.4) is 0 Å². The summed E-state index contributed by atoms with van der Waals surface area (Å²) in [6, 6.07) is 16.4. The van der Waals surface area contributed by atoms with Gasteiger partial charge in [-0.25, -0.2) is 4.79 Å². The number of anilines is 1. The zero-order valence-electron chi connectivity index (χ0n) is 20.0. The van der Waals surface area contributed by atoms with Crippen molar-refractivity contribution in [2.45, 2.75) is 50.9 Å². The van der Waals surface area contributed by atoms with Crippen molar-refractivity contribution in [1.82, 2.24) is 4.90 Å². The first-order valence-corrected chi connectivity index (χ1v) is 12.7. The van der Waals surface area contributed by atoms with Crippen LogP contribution in [0.4, 0.5) is 23.7 Å². The highest BCUT2D eigenvalue weighted by Crippen LogP contribution is 2.31. The number of carbonyl (C=O) groups is 1. The van der Waals surface area contributed by atoms with E-state index in [2.05, 4.69) is 5.32 Å². The fraction of sp³-hybridized carbons (Fsp3) is 0.269. The molecule has 0 aromatic heterocycles. The number of benzene rings is 3.